The molecule has 1 amide bonds. The molecule has 3 aliphatic rings. The van der Waals surface area contributed by atoms with Gasteiger partial charge in [-0.25, -0.2) is 9.18 Å². The molecule has 0 aromatic heterocycles. The molecule has 0 N–H and O–H groups in total. The van der Waals surface area contributed by atoms with Crippen LogP contribution in [0.2, 0.25) is 5.02 Å². The van der Waals surface area contributed by atoms with Crippen LogP contribution in [0.5, 0.6) is 0 Å². The fourth-order valence-electron chi connectivity index (χ4n) is 3.93. The van der Waals surface area contributed by atoms with E-state index in [1.807, 2.05) is 30.3 Å². The number of benzene rings is 2. The molecule has 4 nitrogen and oxygen atoms in total. The summed E-state index contributed by atoms with van der Waals surface area (Å²) in [5, 5.41) is 0.0475. The summed E-state index contributed by atoms with van der Waals surface area (Å²) in [6.45, 7) is 3.26. The van der Waals surface area contributed by atoms with Gasteiger partial charge in [0.1, 0.15) is 11.9 Å². The molecule has 2 aromatic carbocycles. The van der Waals surface area contributed by atoms with Gasteiger partial charge in [-0.05, 0) is 61.7 Å². The highest BCUT2D eigenvalue weighted by atomic mass is 35.5. The first-order chi connectivity index (χ1) is 13.1. The summed E-state index contributed by atoms with van der Waals surface area (Å²) in [7, 11) is 0. The molecule has 0 saturated carbocycles. The van der Waals surface area contributed by atoms with Crippen LogP contribution < -0.4 is 4.90 Å². The van der Waals surface area contributed by atoms with Crippen LogP contribution in [0.25, 0.3) is 0 Å². The van der Waals surface area contributed by atoms with E-state index in [1.54, 1.807) is 17.0 Å². The van der Waals surface area contributed by atoms with E-state index in [0.29, 0.717) is 5.92 Å². The molecule has 6 heteroatoms. The van der Waals surface area contributed by atoms with Gasteiger partial charge in [0.25, 0.3) is 0 Å². The third kappa shape index (κ3) is 4.09. The standard InChI is InChI=1S/C21H22ClFN2O2/c22-18-12-15(6-7-19(18)23)13-25(17-4-2-1-3-5-17)21(26)27-20-14-24-10-8-16(20)9-11-24/h1-7,12,16,20H,8-11,13-14H2. The van der Waals surface area contributed by atoms with E-state index in [2.05, 4.69) is 4.90 Å². The van der Waals surface area contributed by atoms with Gasteiger partial charge in [0, 0.05) is 12.2 Å². The number of piperidine rings is 3. The highest BCUT2D eigenvalue weighted by molar-refractivity contribution is 6.30. The predicted molar refractivity (Wildman–Crippen MR) is 103 cm³/mol. The third-order valence-corrected chi connectivity index (χ3v) is 5.75. The van der Waals surface area contributed by atoms with Gasteiger partial charge in [0.15, 0.2) is 0 Å². The zero-order valence-electron chi connectivity index (χ0n) is 15.0. The molecule has 0 spiro atoms. The van der Waals surface area contributed by atoms with Crippen molar-refractivity contribution in [2.75, 3.05) is 24.5 Å². The maximum Gasteiger partial charge on any atom is 0.414 e. The number of carbonyl (C=O) groups is 1. The second kappa shape index (κ2) is 7.87. The Morgan fingerprint density at radius 3 is 2.56 bits per heavy atom. The summed E-state index contributed by atoms with van der Waals surface area (Å²) < 4.78 is 19.4. The lowest BCUT2D eigenvalue weighted by Crippen LogP contribution is -2.53. The van der Waals surface area contributed by atoms with Gasteiger partial charge in [-0.3, -0.25) is 9.80 Å². The Balaban J connectivity index is 1.54. The number of hydrogen-bond acceptors (Lipinski definition) is 3. The van der Waals surface area contributed by atoms with Crippen LogP contribution in [-0.2, 0) is 11.3 Å². The van der Waals surface area contributed by atoms with E-state index in [1.165, 1.54) is 6.07 Å². The molecule has 1 atom stereocenters. The van der Waals surface area contributed by atoms with Crippen LogP contribution in [-0.4, -0.2) is 36.7 Å². The SMILES string of the molecule is O=C(OC1CN2CCC1CC2)N(Cc1ccc(F)c(Cl)c1)c1ccccc1. The number of para-hydroxylation sites is 1. The van der Waals surface area contributed by atoms with E-state index in [9.17, 15) is 9.18 Å². The molecule has 1 unspecified atom stereocenters. The van der Waals surface area contributed by atoms with Crippen molar-refractivity contribution in [1.82, 2.24) is 4.90 Å². The highest BCUT2D eigenvalue weighted by Crippen LogP contribution is 2.31. The second-order valence-electron chi connectivity index (χ2n) is 7.23. The Bertz CT molecular complexity index is 809. The quantitative estimate of drug-likeness (QED) is 0.760. The largest absolute Gasteiger partial charge is 0.444 e. The summed E-state index contributed by atoms with van der Waals surface area (Å²) in [4.78, 5) is 17.0. The van der Waals surface area contributed by atoms with Crippen molar-refractivity contribution in [3.63, 3.8) is 0 Å². The molecule has 5 rings (SSSR count). The van der Waals surface area contributed by atoms with Gasteiger partial charge < -0.3 is 4.74 Å². The van der Waals surface area contributed by atoms with Crippen LogP contribution in [0.15, 0.2) is 48.5 Å². The Labute approximate surface area is 163 Å². The Morgan fingerprint density at radius 1 is 1.19 bits per heavy atom. The number of hydrogen-bond donors (Lipinski definition) is 0. The zero-order valence-corrected chi connectivity index (χ0v) is 15.7. The number of carbonyl (C=O) groups excluding carboxylic acids is 1. The molecule has 3 aliphatic heterocycles. The van der Waals surface area contributed by atoms with E-state index in [-0.39, 0.29) is 23.8 Å². The fourth-order valence-corrected chi connectivity index (χ4v) is 4.13. The Hall–Kier alpha value is -2.11. The van der Waals surface area contributed by atoms with Crippen LogP contribution in [0.4, 0.5) is 14.9 Å². The maximum atomic E-state index is 13.5. The van der Waals surface area contributed by atoms with E-state index in [4.69, 9.17) is 16.3 Å². The normalized spacial score (nSPS) is 23.9. The summed E-state index contributed by atoms with van der Waals surface area (Å²) >= 11 is 5.91. The third-order valence-electron chi connectivity index (χ3n) is 5.46. The number of anilines is 1. The number of amides is 1. The first-order valence-electron chi connectivity index (χ1n) is 9.29. The van der Waals surface area contributed by atoms with Crippen molar-refractivity contribution >= 4 is 23.4 Å². The van der Waals surface area contributed by atoms with Crippen molar-refractivity contribution in [2.24, 2.45) is 5.92 Å². The predicted octanol–water partition coefficient (Wildman–Crippen LogP) is 4.72. The van der Waals surface area contributed by atoms with Gasteiger partial charge in [0.2, 0.25) is 0 Å². The highest BCUT2D eigenvalue weighted by Gasteiger charge is 2.37. The maximum absolute atomic E-state index is 13.5. The van der Waals surface area contributed by atoms with Gasteiger partial charge in [-0.1, -0.05) is 35.9 Å². The first kappa shape index (κ1) is 18.3. The molecule has 2 aromatic rings. The van der Waals surface area contributed by atoms with Crippen molar-refractivity contribution in [2.45, 2.75) is 25.5 Å². The van der Waals surface area contributed by atoms with Crippen LogP contribution in [0.3, 0.4) is 0 Å². The molecule has 3 fully saturated rings. The molecule has 3 saturated heterocycles. The fraction of sp³-hybridized carbons (Fsp3) is 0.381. The molecule has 27 heavy (non-hydrogen) atoms. The van der Waals surface area contributed by atoms with Crippen LogP contribution in [0.1, 0.15) is 18.4 Å². The average molecular weight is 389 g/mol. The van der Waals surface area contributed by atoms with Crippen molar-refractivity contribution in [3.8, 4) is 0 Å². The monoisotopic (exact) mass is 388 g/mol. The zero-order chi connectivity index (χ0) is 18.8. The number of rotatable bonds is 4. The number of halogens is 2. The number of nitrogens with zero attached hydrogens (tertiary/aromatic N) is 2. The lowest BCUT2D eigenvalue weighted by Gasteiger charge is -2.44. The molecule has 3 heterocycles. The lowest BCUT2D eigenvalue weighted by molar-refractivity contribution is -0.0311. The van der Waals surface area contributed by atoms with E-state index < -0.39 is 5.82 Å². The number of ether oxygens (including phenoxy) is 1. The molecular weight excluding hydrogens is 367 g/mol. The lowest BCUT2D eigenvalue weighted by atomic mass is 9.86. The molecule has 0 radical (unpaired) electrons. The molecule has 2 bridgehead atoms. The number of fused-ring (bicyclic) bond motifs is 3. The molecule has 0 aliphatic carbocycles. The second-order valence-corrected chi connectivity index (χ2v) is 7.64. The topological polar surface area (TPSA) is 32.8 Å². The van der Waals surface area contributed by atoms with E-state index in [0.717, 1.165) is 43.7 Å². The summed E-state index contributed by atoms with van der Waals surface area (Å²) in [6.07, 6.45) is 1.72. The summed E-state index contributed by atoms with van der Waals surface area (Å²) in [5.41, 5.74) is 1.49. The minimum atomic E-state index is -0.471. The Kier molecular flexibility index (Phi) is 5.32. The van der Waals surface area contributed by atoms with Crippen molar-refractivity contribution < 1.29 is 13.9 Å². The van der Waals surface area contributed by atoms with E-state index >= 15 is 0 Å². The summed E-state index contributed by atoms with van der Waals surface area (Å²) in [6, 6.07) is 13.9. The van der Waals surface area contributed by atoms with Crippen molar-refractivity contribution in [3.05, 3.63) is 64.9 Å². The van der Waals surface area contributed by atoms with Crippen LogP contribution in [0, 0.1) is 11.7 Å². The van der Waals surface area contributed by atoms with Gasteiger partial charge in [0.05, 0.1) is 11.6 Å². The minimum absolute atomic E-state index is 0.0475. The minimum Gasteiger partial charge on any atom is -0.444 e. The van der Waals surface area contributed by atoms with Crippen molar-refractivity contribution in [1.29, 1.82) is 0 Å². The first-order valence-corrected chi connectivity index (χ1v) is 9.67. The van der Waals surface area contributed by atoms with Gasteiger partial charge >= 0.3 is 6.09 Å². The van der Waals surface area contributed by atoms with Gasteiger partial charge in [-0.2, -0.15) is 0 Å². The average Bonchev–Trinajstić information content (AvgIpc) is 2.70. The molecule has 142 valence electrons. The molecular formula is C21H22ClFN2O2. The summed E-state index contributed by atoms with van der Waals surface area (Å²) in [5.74, 6) is -0.0293. The van der Waals surface area contributed by atoms with Gasteiger partial charge in [-0.15, -0.1) is 0 Å². The smallest absolute Gasteiger partial charge is 0.414 e. The van der Waals surface area contributed by atoms with Crippen LogP contribution >= 0.6 is 11.6 Å². The Morgan fingerprint density at radius 2 is 1.93 bits per heavy atom.